The lowest BCUT2D eigenvalue weighted by atomic mass is 9.88. The van der Waals surface area contributed by atoms with Gasteiger partial charge in [0.25, 0.3) is 0 Å². The zero-order valence-electron chi connectivity index (χ0n) is 11.4. The maximum absolute atomic E-state index is 12.1. The maximum Gasteiger partial charge on any atom is 0.223 e. The summed E-state index contributed by atoms with van der Waals surface area (Å²) in [6.45, 7) is 8.08. The van der Waals surface area contributed by atoms with Crippen LogP contribution in [0.3, 0.4) is 0 Å². The molecular formula is C15H22N2O. The van der Waals surface area contributed by atoms with Crippen molar-refractivity contribution in [3.8, 4) is 0 Å². The molecule has 1 amide bonds. The number of carbonyl (C=O) groups is 1. The van der Waals surface area contributed by atoms with Gasteiger partial charge in [-0.2, -0.15) is 0 Å². The van der Waals surface area contributed by atoms with Gasteiger partial charge in [0.15, 0.2) is 0 Å². The molecule has 0 radical (unpaired) electrons. The molecule has 3 nitrogen and oxygen atoms in total. The van der Waals surface area contributed by atoms with Crippen molar-refractivity contribution in [2.75, 3.05) is 13.1 Å². The highest BCUT2D eigenvalue weighted by Crippen LogP contribution is 2.20. The Hall–Kier alpha value is -1.35. The van der Waals surface area contributed by atoms with Gasteiger partial charge in [-0.3, -0.25) is 4.79 Å². The van der Waals surface area contributed by atoms with Crippen molar-refractivity contribution in [2.45, 2.75) is 26.8 Å². The second kappa shape index (κ2) is 5.53. The Morgan fingerprint density at radius 3 is 2.56 bits per heavy atom. The highest BCUT2D eigenvalue weighted by atomic mass is 16.1. The molecule has 1 aliphatic rings. The number of amides is 1. The Morgan fingerprint density at radius 2 is 2.00 bits per heavy atom. The summed E-state index contributed by atoms with van der Waals surface area (Å²) in [5, 5.41) is 6.33. The van der Waals surface area contributed by atoms with E-state index in [2.05, 4.69) is 29.7 Å². The number of benzene rings is 1. The summed E-state index contributed by atoms with van der Waals surface area (Å²) in [5.74, 6) is 0.754. The molecule has 2 rings (SSSR count). The summed E-state index contributed by atoms with van der Waals surface area (Å²) in [5.41, 5.74) is 2.42. The van der Waals surface area contributed by atoms with Crippen LogP contribution in [0, 0.1) is 18.8 Å². The van der Waals surface area contributed by atoms with E-state index in [9.17, 15) is 4.79 Å². The van der Waals surface area contributed by atoms with Crippen LogP contribution in [0.2, 0.25) is 0 Å². The second-order valence-electron chi connectivity index (χ2n) is 5.29. The third-order valence-electron chi connectivity index (χ3n) is 3.95. The van der Waals surface area contributed by atoms with E-state index < -0.39 is 0 Å². The molecule has 1 aromatic rings. The number of hydrogen-bond donors (Lipinski definition) is 2. The minimum atomic E-state index is 0.0779. The Labute approximate surface area is 109 Å². The van der Waals surface area contributed by atoms with Crippen LogP contribution in [-0.2, 0) is 4.79 Å². The molecule has 1 aliphatic heterocycles. The SMILES string of the molecule is Cc1ccccc1[C@@H](C)NC(=O)C(C)C1CNC1. The van der Waals surface area contributed by atoms with E-state index in [-0.39, 0.29) is 17.9 Å². The molecule has 2 atom stereocenters. The van der Waals surface area contributed by atoms with Crippen molar-refractivity contribution in [1.82, 2.24) is 10.6 Å². The number of aryl methyl sites for hydroxylation is 1. The van der Waals surface area contributed by atoms with E-state index in [0.717, 1.165) is 13.1 Å². The van der Waals surface area contributed by atoms with Gasteiger partial charge in [-0.15, -0.1) is 0 Å². The van der Waals surface area contributed by atoms with E-state index in [4.69, 9.17) is 0 Å². The highest BCUT2D eigenvalue weighted by molar-refractivity contribution is 5.79. The Bertz CT molecular complexity index is 426. The fourth-order valence-electron chi connectivity index (χ4n) is 2.37. The fraction of sp³-hybridized carbons (Fsp3) is 0.533. The first-order valence-electron chi connectivity index (χ1n) is 6.66. The molecule has 0 bridgehead atoms. The maximum atomic E-state index is 12.1. The minimum Gasteiger partial charge on any atom is -0.349 e. The van der Waals surface area contributed by atoms with Crippen LogP contribution in [0.25, 0.3) is 0 Å². The minimum absolute atomic E-state index is 0.0779. The molecule has 1 fully saturated rings. The molecule has 1 saturated heterocycles. The van der Waals surface area contributed by atoms with E-state index >= 15 is 0 Å². The molecule has 1 heterocycles. The van der Waals surface area contributed by atoms with Crippen molar-refractivity contribution >= 4 is 5.91 Å². The van der Waals surface area contributed by atoms with Crippen molar-refractivity contribution in [3.05, 3.63) is 35.4 Å². The van der Waals surface area contributed by atoms with Crippen molar-refractivity contribution in [3.63, 3.8) is 0 Å². The summed E-state index contributed by atoms with van der Waals surface area (Å²) >= 11 is 0. The molecule has 0 aliphatic carbocycles. The van der Waals surface area contributed by atoms with Gasteiger partial charge in [-0.25, -0.2) is 0 Å². The van der Waals surface area contributed by atoms with Crippen LogP contribution >= 0.6 is 0 Å². The monoisotopic (exact) mass is 246 g/mol. The predicted molar refractivity (Wildman–Crippen MR) is 73.3 cm³/mol. The summed E-state index contributed by atoms with van der Waals surface area (Å²) in [6.07, 6.45) is 0. The van der Waals surface area contributed by atoms with Crippen LogP contribution in [0.1, 0.15) is 31.0 Å². The standard InChI is InChI=1S/C15H22N2O/c1-10-6-4-5-7-14(10)12(3)17-15(18)11(2)13-8-16-9-13/h4-7,11-13,16H,8-9H2,1-3H3,(H,17,18)/t11?,12-/m1/s1. The first kappa shape index (κ1) is 13.1. The van der Waals surface area contributed by atoms with Gasteiger partial charge in [0.1, 0.15) is 0 Å². The van der Waals surface area contributed by atoms with E-state index in [1.165, 1.54) is 11.1 Å². The van der Waals surface area contributed by atoms with Crippen LogP contribution in [0.4, 0.5) is 0 Å². The average Bonchev–Trinajstić information content (AvgIpc) is 2.26. The lowest BCUT2D eigenvalue weighted by molar-refractivity contribution is -0.127. The molecule has 1 unspecified atom stereocenters. The van der Waals surface area contributed by atoms with Gasteiger partial charge in [-0.05, 0) is 44.0 Å². The predicted octanol–water partition coefficient (Wildman–Crippen LogP) is 2.03. The quantitative estimate of drug-likeness (QED) is 0.853. The number of rotatable bonds is 4. The van der Waals surface area contributed by atoms with E-state index in [1.807, 2.05) is 26.0 Å². The molecule has 3 heteroatoms. The van der Waals surface area contributed by atoms with Gasteiger partial charge in [0.05, 0.1) is 6.04 Å². The lowest BCUT2D eigenvalue weighted by Crippen LogP contribution is -2.49. The second-order valence-corrected chi connectivity index (χ2v) is 5.29. The number of nitrogens with one attached hydrogen (secondary N) is 2. The molecule has 0 spiro atoms. The lowest BCUT2D eigenvalue weighted by Gasteiger charge is -2.32. The summed E-state index contributed by atoms with van der Waals surface area (Å²) in [4.78, 5) is 12.1. The van der Waals surface area contributed by atoms with Gasteiger partial charge < -0.3 is 10.6 Å². The molecule has 18 heavy (non-hydrogen) atoms. The topological polar surface area (TPSA) is 41.1 Å². The molecule has 2 N–H and O–H groups in total. The van der Waals surface area contributed by atoms with Gasteiger partial charge in [0, 0.05) is 5.92 Å². The Morgan fingerprint density at radius 1 is 1.33 bits per heavy atom. The Balaban J connectivity index is 1.96. The van der Waals surface area contributed by atoms with Crippen LogP contribution in [0.5, 0.6) is 0 Å². The highest BCUT2D eigenvalue weighted by Gasteiger charge is 2.29. The molecule has 0 saturated carbocycles. The number of carbonyl (C=O) groups excluding carboxylic acids is 1. The summed E-state index contributed by atoms with van der Waals surface area (Å²) in [7, 11) is 0. The third kappa shape index (κ3) is 2.72. The van der Waals surface area contributed by atoms with Crippen LogP contribution < -0.4 is 10.6 Å². The van der Waals surface area contributed by atoms with Crippen LogP contribution in [0.15, 0.2) is 24.3 Å². The molecular weight excluding hydrogens is 224 g/mol. The van der Waals surface area contributed by atoms with E-state index in [0.29, 0.717) is 5.92 Å². The first-order valence-corrected chi connectivity index (χ1v) is 6.66. The van der Waals surface area contributed by atoms with Crippen molar-refractivity contribution in [1.29, 1.82) is 0 Å². The normalized spacial score (nSPS) is 18.8. The van der Waals surface area contributed by atoms with Gasteiger partial charge in [-0.1, -0.05) is 31.2 Å². The largest absolute Gasteiger partial charge is 0.349 e. The fourth-order valence-corrected chi connectivity index (χ4v) is 2.37. The zero-order valence-corrected chi connectivity index (χ0v) is 11.4. The average molecular weight is 246 g/mol. The molecule has 0 aromatic heterocycles. The van der Waals surface area contributed by atoms with Gasteiger partial charge >= 0.3 is 0 Å². The summed E-state index contributed by atoms with van der Waals surface area (Å²) < 4.78 is 0. The zero-order chi connectivity index (χ0) is 13.1. The third-order valence-corrected chi connectivity index (χ3v) is 3.95. The molecule has 1 aromatic carbocycles. The van der Waals surface area contributed by atoms with Gasteiger partial charge in [0.2, 0.25) is 5.91 Å². The van der Waals surface area contributed by atoms with Crippen molar-refractivity contribution < 1.29 is 4.79 Å². The van der Waals surface area contributed by atoms with Crippen molar-refractivity contribution in [2.24, 2.45) is 11.8 Å². The summed E-state index contributed by atoms with van der Waals surface area (Å²) in [6, 6.07) is 8.28. The van der Waals surface area contributed by atoms with Crippen LogP contribution in [-0.4, -0.2) is 19.0 Å². The smallest absolute Gasteiger partial charge is 0.223 e. The first-order chi connectivity index (χ1) is 8.59. The molecule has 98 valence electrons. The Kier molecular flexibility index (Phi) is 4.02. The number of hydrogen-bond acceptors (Lipinski definition) is 2. The van der Waals surface area contributed by atoms with E-state index in [1.54, 1.807) is 0 Å².